The lowest BCUT2D eigenvalue weighted by atomic mass is 10.2. The summed E-state index contributed by atoms with van der Waals surface area (Å²) in [6, 6.07) is 7.80. The molecule has 0 aliphatic rings. The van der Waals surface area contributed by atoms with Gasteiger partial charge in [-0.05, 0) is 24.7 Å². The van der Waals surface area contributed by atoms with Gasteiger partial charge in [0, 0.05) is 13.1 Å². The normalized spacial score (nSPS) is 11.3. The number of rotatable bonds is 8. The molecule has 1 aromatic rings. The number of carboxylic acids is 1. The summed E-state index contributed by atoms with van der Waals surface area (Å²) in [7, 11) is -3.48. The minimum absolute atomic E-state index is 0.0161. The van der Waals surface area contributed by atoms with Gasteiger partial charge in [0.15, 0.2) is 9.84 Å². The number of benzene rings is 1. The highest BCUT2D eigenvalue weighted by Gasteiger charge is 2.17. The minimum atomic E-state index is -3.48. The molecule has 0 saturated carbocycles. The van der Waals surface area contributed by atoms with E-state index in [1.165, 1.54) is 18.2 Å². The number of carbonyl (C=O) groups is 1. The van der Waals surface area contributed by atoms with Crippen LogP contribution in [0, 0.1) is 11.3 Å². The van der Waals surface area contributed by atoms with Crippen LogP contribution in [-0.2, 0) is 14.6 Å². The van der Waals surface area contributed by atoms with Crippen LogP contribution in [0.5, 0.6) is 0 Å². The Labute approximate surface area is 124 Å². The zero-order valence-electron chi connectivity index (χ0n) is 11.8. The average molecular weight is 310 g/mol. The molecular weight excluding hydrogens is 292 g/mol. The van der Waals surface area contributed by atoms with Crippen molar-refractivity contribution in [3.8, 4) is 6.07 Å². The largest absolute Gasteiger partial charge is 0.481 e. The molecule has 0 aliphatic carbocycles. The maximum atomic E-state index is 12.2. The molecule has 0 saturated heterocycles. The Bertz CT molecular complexity index is 635. The van der Waals surface area contributed by atoms with E-state index in [0.717, 1.165) is 0 Å². The predicted octanol–water partition coefficient (Wildman–Crippen LogP) is 1.13. The van der Waals surface area contributed by atoms with Gasteiger partial charge in [-0.2, -0.15) is 5.26 Å². The van der Waals surface area contributed by atoms with Gasteiger partial charge in [-0.25, -0.2) is 8.42 Å². The fourth-order valence-corrected chi connectivity index (χ4v) is 3.13. The highest BCUT2D eigenvalue weighted by atomic mass is 32.2. The van der Waals surface area contributed by atoms with E-state index in [9.17, 15) is 13.2 Å². The van der Waals surface area contributed by atoms with Crippen LogP contribution in [0.15, 0.2) is 29.2 Å². The first-order valence-corrected chi connectivity index (χ1v) is 8.21. The first-order valence-electron chi connectivity index (χ1n) is 6.56. The molecule has 0 spiro atoms. The Hall–Kier alpha value is -1.91. The van der Waals surface area contributed by atoms with Crippen LogP contribution in [0.3, 0.4) is 0 Å². The molecule has 0 amide bonds. The molecule has 0 aliphatic heterocycles. The third kappa shape index (κ3) is 5.53. The van der Waals surface area contributed by atoms with Crippen LogP contribution in [0.1, 0.15) is 18.9 Å². The zero-order chi connectivity index (χ0) is 15.9. The second kappa shape index (κ2) is 7.76. The summed E-state index contributed by atoms with van der Waals surface area (Å²) < 4.78 is 24.4. The Morgan fingerprint density at radius 1 is 1.38 bits per heavy atom. The van der Waals surface area contributed by atoms with Gasteiger partial charge >= 0.3 is 5.97 Å². The van der Waals surface area contributed by atoms with Gasteiger partial charge < -0.3 is 10.0 Å². The maximum Gasteiger partial charge on any atom is 0.304 e. The van der Waals surface area contributed by atoms with Crippen LogP contribution < -0.4 is 0 Å². The molecule has 0 atom stereocenters. The summed E-state index contributed by atoms with van der Waals surface area (Å²) in [5.74, 6) is -1.01. The smallest absolute Gasteiger partial charge is 0.304 e. The molecule has 1 aromatic carbocycles. The molecule has 114 valence electrons. The number of hydrogen-bond acceptors (Lipinski definition) is 5. The quantitative estimate of drug-likeness (QED) is 0.773. The van der Waals surface area contributed by atoms with Gasteiger partial charge in [-0.3, -0.25) is 4.79 Å². The number of carboxylic acid groups (broad SMARTS) is 1. The lowest BCUT2D eigenvalue weighted by Crippen LogP contribution is -2.31. The zero-order valence-corrected chi connectivity index (χ0v) is 12.6. The van der Waals surface area contributed by atoms with Gasteiger partial charge in [0.2, 0.25) is 0 Å². The summed E-state index contributed by atoms with van der Waals surface area (Å²) in [5, 5.41) is 17.4. The van der Waals surface area contributed by atoms with Crippen molar-refractivity contribution in [1.82, 2.24) is 4.90 Å². The predicted molar refractivity (Wildman–Crippen MR) is 77.6 cm³/mol. The van der Waals surface area contributed by atoms with Crippen molar-refractivity contribution in [2.45, 2.75) is 18.2 Å². The van der Waals surface area contributed by atoms with Crippen molar-refractivity contribution in [3.05, 3.63) is 29.8 Å². The van der Waals surface area contributed by atoms with Crippen molar-refractivity contribution < 1.29 is 18.3 Å². The summed E-state index contributed by atoms with van der Waals surface area (Å²) in [5.41, 5.74) is 0.300. The van der Waals surface area contributed by atoms with Crippen LogP contribution in [0.25, 0.3) is 0 Å². The molecule has 1 rings (SSSR count). The number of nitrogens with zero attached hydrogens (tertiary/aromatic N) is 2. The molecule has 0 heterocycles. The highest BCUT2D eigenvalue weighted by Crippen LogP contribution is 2.13. The number of hydrogen-bond donors (Lipinski definition) is 1. The summed E-state index contributed by atoms with van der Waals surface area (Å²) in [4.78, 5) is 12.4. The Morgan fingerprint density at radius 2 is 2.10 bits per heavy atom. The van der Waals surface area contributed by atoms with Crippen LogP contribution in [0.4, 0.5) is 0 Å². The topological polar surface area (TPSA) is 98.5 Å². The average Bonchev–Trinajstić information content (AvgIpc) is 2.47. The van der Waals surface area contributed by atoms with Crippen molar-refractivity contribution in [3.63, 3.8) is 0 Å². The lowest BCUT2D eigenvalue weighted by molar-refractivity contribution is -0.137. The number of sulfone groups is 1. The highest BCUT2D eigenvalue weighted by molar-refractivity contribution is 7.91. The third-order valence-corrected chi connectivity index (χ3v) is 4.78. The molecule has 6 nitrogen and oxygen atoms in total. The Kier molecular flexibility index (Phi) is 6.34. The van der Waals surface area contributed by atoms with Crippen molar-refractivity contribution in [1.29, 1.82) is 5.26 Å². The Morgan fingerprint density at radius 3 is 2.67 bits per heavy atom. The molecule has 0 fully saturated rings. The fraction of sp³-hybridized carbons (Fsp3) is 0.429. The fourth-order valence-electron chi connectivity index (χ4n) is 1.81. The van der Waals surface area contributed by atoms with Crippen LogP contribution in [0.2, 0.25) is 0 Å². The van der Waals surface area contributed by atoms with Gasteiger partial charge in [0.25, 0.3) is 0 Å². The summed E-state index contributed by atoms with van der Waals surface area (Å²) in [6.45, 7) is 3.02. The third-order valence-electron chi connectivity index (χ3n) is 3.09. The number of nitriles is 1. The summed E-state index contributed by atoms with van der Waals surface area (Å²) >= 11 is 0. The monoisotopic (exact) mass is 310 g/mol. The van der Waals surface area contributed by atoms with E-state index in [1.54, 1.807) is 11.0 Å². The molecule has 0 bridgehead atoms. The first kappa shape index (κ1) is 17.1. The van der Waals surface area contributed by atoms with E-state index in [4.69, 9.17) is 10.4 Å². The van der Waals surface area contributed by atoms with E-state index >= 15 is 0 Å². The van der Waals surface area contributed by atoms with Crippen molar-refractivity contribution >= 4 is 15.8 Å². The Balaban J connectivity index is 2.71. The van der Waals surface area contributed by atoms with E-state index in [-0.39, 0.29) is 23.6 Å². The summed E-state index contributed by atoms with van der Waals surface area (Å²) in [6.07, 6.45) is -0.0161. The van der Waals surface area contributed by atoms with Crippen molar-refractivity contribution in [2.24, 2.45) is 0 Å². The molecule has 0 aromatic heterocycles. The second-order valence-corrected chi connectivity index (χ2v) is 6.65. The van der Waals surface area contributed by atoms with E-state index < -0.39 is 15.8 Å². The molecule has 7 heteroatoms. The molecule has 0 unspecified atom stereocenters. The van der Waals surface area contributed by atoms with Gasteiger partial charge in [-0.1, -0.05) is 13.0 Å². The van der Waals surface area contributed by atoms with E-state index in [0.29, 0.717) is 18.7 Å². The molecule has 0 radical (unpaired) electrons. The van der Waals surface area contributed by atoms with Gasteiger partial charge in [-0.15, -0.1) is 0 Å². The van der Waals surface area contributed by atoms with Crippen molar-refractivity contribution in [2.75, 3.05) is 25.4 Å². The van der Waals surface area contributed by atoms with Gasteiger partial charge in [0.05, 0.1) is 28.7 Å². The first-order chi connectivity index (χ1) is 9.89. The van der Waals surface area contributed by atoms with E-state index in [2.05, 4.69) is 0 Å². The molecule has 1 N–H and O–H groups in total. The van der Waals surface area contributed by atoms with Gasteiger partial charge in [0.1, 0.15) is 0 Å². The maximum absolute atomic E-state index is 12.2. The van der Waals surface area contributed by atoms with Crippen LogP contribution >= 0.6 is 0 Å². The molecule has 21 heavy (non-hydrogen) atoms. The SMILES string of the molecule is CCN(CCC(=O)O)CCS(=O)(=O)c1cccc(C#N)c1. The minimum Gasteiger partial charge on any atom is -0.481 e. The number of aliphatic carboxylic acids is 1. The van der Waals surface area contributed by atoms with E-state index in [1.807, 2.05) is 13.0 Å². The lowest BCUT2D eigenvalue weighted by Gasteiger charge is -2.19. The standard InChI is InChI=1S/C14H18N2O4S/c1-2-16(7-6-14(17)18)8-9-21(19,20)13-5-3-4-12(10-13)11-15/h3-5,10H,2,6-9H2,1H3,(H,17,18). The second-order valence-electron chi connectivity index (χ2n) is 4.54. The molecular formula is C14H18N2O4S. The van der Waals surface area contributed by atoms with Crippen LogP contribution in [-0.4, -0.2) is 49.8 Å².